The first-order valence-corrected chi connectivity index (χ1v) is 10.0. The number of nitrogens with zero attached hydrogens (tertiary/aromatic N) is 1. The Kier molecular flexibility index (Phi) is 8.55. The lowest BCUT2D eigenvalue weighted by molar-refractivity contribution is -0.142. The molecule has 0 bridgehead atoms. The maximum atomic E-state index is 12.0. The van der Waals surface area contributed by atoms with Gasteiger partial charge < -0.3 is 15.0 Å². The second-order valence-corrected chi connectivity index (χ2v) is 7.43. The molecule has 2 aromatic rings. The van der Waals surface area contributed by atoms with Crippen molar-refractivity contribution >= 4 is 52.5 Å². The van der Waals surface area contributed by atoms with E-state index in [4.69, 9.17) is 27.9 Å². The first-order valence-electron chi connectivity index (χ1n) is 9.26. The summed E-state index contributed by atoms with van der Waals surface area (Å²) in [7, 11) is 0. The monoisotopic (exact) mass is 434 g/mol. The summed E-state index contributed by atoms with van der Waals surface area (Å²) < 4.78 is 4.96. The number of anilines is 2. The van der Waals surface area contributed by atoms with Crippen LogP contribution < -0.4 is 10.2 Å². The lowest BCUT2D eigenvalue weighted by Gasteiger charge is -2.27. The second kappa shape index (κ2) is 10.9. The van der Waals surface area contributed by atoms with Crippen LogP contribution in [-0.4, -0.2) is 31.1 Å². The number of carbonyl (C=O) groups is 2. The van der Waals surface area contributed by atoms with Crippen LogP contribution in [0.1, 0.15) is 26.3 Å². The Hall–Kier alpha value is -2.50. The van der Waals surface area contributed by atoms with Crippen molar-refractivity contribution in [3.05, 3.63) is 64.1 Å². The molecule has 0 aliphatic rings. The Morgan fingerprint density at radius 3 is 2.41 bits per heavy atom. The average molecular weight is 435 g/mol. The highest BCUT2D eigenvalue weighted by atomic mass is 35.5. The van der Waals surface area contributed by atoms with E-state index in [1.165, 1.54) is 12.2 Å². The van der Waals surface area contributed by atoms with Crippen molar-refractivity contribution in [2.24, 2.45) is 0 Å². The van der Waals surface area contributed by atoms with Crippen molar-refractivity contribution in [3.63, 3.8) is 0 Å². The maximum Gasteiger partial charge on any atom is 0.331 e. The number of ether oxygens (including phenoxy) is 1. The summed E-state index contributed by atoms with van der Waals surface area (Å²) in [6, 6.07) is 12.9. The molecule has 5 nitrogen and oxygen atoms in total. The zero-order valence-corrected chi connectivity index (χ0v) is 18.1. The second-order valence-electron chi connectivity index (χ2n) is 6.58. The fourth-order valence-corrected chi connectivity index (χ4v) is 3.23. The van der Waals surface area contributed by atoms with Crippen LogP contribution >= 0.6 is 23.2 Å². The summed E-state index contributed by atoms with van der Waals surface area (Å²) in [5, 5.41) is 3.63. The van der Waals surface area contributed by atoms with Gasteiger partial charge in [-0.25, -0.2) is 4.79 Å². The molecule has 0 atom stereocenters. The van der Waals surface area contributed by atoms with Gasteiger partial charge in [-0.2, -0.15) is 0 Å². The Balaban J connectivity index is 1.84. The molecule has 0 radical (unpaired) electrons. The Morgan fingerprint density at radius 1 is 1.14 bits per heavy atom. The fourth-order valence-electron chi connectivity index (χ4n) is 2.76. The Morgan fingerprint density at radius 2 is 1.83 bits per heavy atom. The van der Waals surface area contributed by atoms with E-state index >= 15 is 0 Å². The van der Waals surface area contributed by atoms with Gasteiger partial charge in [0.25, 0.3) is 5.91 Å². The van der Waals surface area contributed by atoms with Crippen molar-refractivity contribution in [1.29, 1.82) is 0 Å². The minimum Gasteiger partial charge on any atom is -0.452 e. The molecule has 0 aromatic heterocycles. The number of rotatable bonds is 8. The predicted molar refractivity (Wildman–Crippen MR) is 120 cm³/mol. The van der Waals surface area contributed by atoms with Gasteiger partial charge in [0.15, 0.2) is 6.61 Å². The van der Waals surface area contributed by atoms with E-state index in [1.807, 2.05) is 24.3 Å². The van der Waals surface area contributed by atoms with Gasteiger partial charge >= 0.3 is 5.97 Å². The van der Waals surface area contributed by atoms with E-state index < -0.39 is 11.9 Å². The lowest BCUT2D eigenvalue weighted by atomic mass is 10.2. The SMILES string of the molecule is CCN(c1ccc(NC(=O)COC(=O)/C=C/c2ccc(Cl)cc2Cl)cc1)C(C)C. The predicted octanol–water partition coefficient (Wildman–Crippen LogP) is 5.42. The summed E-state index contributed by atoms with van der Waals surface area (Å²) in [5.74, 6) is -1.06. The summed E-state index contributed by atoms with van der Waals surface area (Å²) in [6.07, 6.45) is 2.72. The molecule has 29 heavy (non-hydrogen) atoms. The molecule has 0 fully saturated rings. The third-order valence-electron chi connectivity index (χ3n) is 4.15. The van der Waals surface area contributed by atoms with E-state index in [2.05, 4.69) is 31.0 Å². The van der Waals surface area contributed by atoms with E-state index in [9.17, 15) is 9.59 Å². The van der Waals surface area contributed by atoms with Crippen molar-refractivity contribution in [3.8, 4) is 0 Å². The van der Waals surface area contributed by atoms with Gasteiger partial charge in [-0.3, -0.25) is 4.79 Å². The van der Waals surface area contributed by atoms with E-state index in [-0.39, 0.29) is 6.61 Å². The quantitative estimate of drug-likeness (QED) is 0.444. The van der Waals surface area contributed by atoms with E-state index in [0.29, 0.717) is 27.3 Å². The topological polar surface area (TPSA) is 58.6 Å². The van der Waals surface area contributed by atoms with Gasteiger partial charge in [0.1, 0.15) is 0 Å². The third-order valence-corrected chi connectivity index (χ3v) is 4.72. The third kappa shape index (κ3) is 7.11. The van der Waals surface area contributed by atoms with Gasteiger partial charge in [0.2, 0.25) is 0 Å². The van der Waals surface area contributed by atoms with Gasteiger partial charge in [-0.15, -0.1) is 0 Å². The van der Waals surface area contributed by atoms with Gasteiger partial charge in [-0.05, 0) is 68.8 Å². The molecular weight excluding hydrogens is 411 g/mol. The normalized spacial score (nSPS) is 11.0. The molecule has 0 unspecified atom stereocenters. The summed E-state index contributed by atoms with van der Waals surface area (Å²) in [5.41, 5.74) is 2.34. The smallest absolute Gasteiger partial charge is 0.331 e. The number of hydrogen-bond acceptors (Lipinski definition) is 4. The van der Waals surface area contributed by atoms with Crippen LogP contribution in [0.2, 0.25) is 10.0 Å². The zero-order chi connectivity index (χ0) is 21.4. The standard InChI is InChI=1S/C22H24Cl2N2O3/c1-4-26(15(2)3)19-10-8-18(9-11-19)25-21(27)14-29-22(28)12-6-16-5-7-17(23)13-20(16)24/h5-13,15H,4,14H2,1-3H3,(H,25,27)/b12-6+. The molecule has 154 valence electrons. The molecule has 7 heteroatoms. The molecule has 1 N–H and O–H groups in total. The highest BCUT2D eigenvalue weighted by Crippen LogP contribution is 2.22. The van der Waals surface area contributed by atoms with Crippen LogP contribution in [0.3, 0.4) is 0 Å². The van der Waals surface area contributed by atoms with Crippen LogP contribution in [0, 0.1) is 0 Å². The van der Waals surface area contributed by atoms with Gasteiger partial charge in [0, 0.05) is 40.1 Å². The van der Waals surface area contributed by atoms with Crippen molar-refractivity contribution in [2.45, 2.75) is 26.8 Å². The first kappa shape index (κ1) is 22.8. The number of esters is 1. The molecule has 0 spiro atoms. The van der Waals surface area contributed by atoms with Crippen molar-refractivity contribution < 1.29 is 14.3 Å². The number of nitrogens with one attached hydrogen (secondary N) is 1. The minimum atomic E-state index is -0.642. The van der Waals surface area contributed by atoms with Crippen LogP contribution in [-0.2, 0) is 14.3 Å². The number of amides is 1. The molecule has 1 amide bonds. The highest BCUT2D eigenvalue weighted by Gasteiger charge is 2.09. The molecule has 0 heterocycles. The number of hydrogen-bond donors (Lipinski definition) is 1. The van der Waals surface area contributed by atoms with E-state index in [1.54, 1.807) is 18.2 Å². The van der Waals surface area contributed by atoms with Crippen LogP contribution in [0.5, 0.6) is 0 Å². The number of halogens is 2. The zero-order valence-electron chi connectivity index (χ0n) is 16.6. The van der Waals surface area contributed by atoms with Crippen molar-refractivity contribution in [2.75, 3.05) is 23.4 Å². The molecule has 0 saturated heterocycles. The van der Waals surface area contributed by atoms with Gasteiger partial charge in [0.05, 0.1) is 0 Å². The van der Waals surface area contributed by atoms with Gasteiger partial charge in [-0.1, -0.05) is 29.3 Å². The Labute approximate surface area is 181 Å². The molecular formula is C22H24Cl2N2O3. The summed E-state index contributed by atoms with van der Waals surface area (Å²) in [6.45, 7) is 6.87. The van der Waals surface area contributed by atoms with E-state index in [0.717, 1.165) is 12.2 Å². The first-order chi connectivity index (χ1) is 13.8. The number of benzene rings is 2. The molecule has 0 aliphatic carbocycles. The van der Waals surface area contributed by atoms with Crippen LogP contribution in [0.15, 0.2) is 48.5 Å². The molecule has 0 saturated carbocycles. The van der Waals surface area contributed by atoms with Crippen LogP contribution in [0.25, 0.3) is 6.08 Å². The minimum absolute atomic E-state index is 0.383. The fraction of sp³-hybridized carbons (Fsp3) is 0.273. The average Bonchev–Trinajstić information content (AvgIpc) is 2.67. The summed E-state index contributed by atoms with van der Waals surface area (Å²) in [4.78, 5) is 26.1. The van der Waals surface area contributed by atoms with Crippen LogP contribution in [0.4, 0.5) is 11.4 Å². The summed E-state index contributed by atoms with van der Waals surface area (Å²) >= 11 is 11.9. The van der Waals surface area contributed by atoms with Crippen molar-refractivity contribution in [1.82, 2.24) is 0 Å². The largest absolute Gasteiger partial charge is 0.452 e. The number of carbonyl (C=O) groups excluding carboxylic acids is 2. The molecule has 2 aromatic carbocycles. The molecule has 2 rings (SSSR count). The Bertz CT molecular complexity index is 880. The maximum absolute atomic E-state index is 12.0. The molecule has 0 aliphatic heterocycles. The lowest BCUT2D eigenvalue weighted by Crippen LogP contribution is -2.30. The highest BCUT2D eigenvalue weighted by molar-refractivity contribution is 6.35.